The van der Waals surface area contributed by atoms with Gasteiger partial charge in [0.05, 0.1) is 12.0 Å². The van der Waals surface area contributed by atoms with Crippen molar-refractivity contribution >= 4 is 22.4 Å². The van der Waals surface area contributed by atoms with Crippen molar-refractivity contribution in [1.29, 1.82) is 0 Å². The Labute approximate surface area is 138 Å². The normalized spacial score (nSPS) is 16.9. The van der Waals surface area contributed by atoms with Gasteiger partial charge in [-0.25, -0.2) is 0 Å². The maximum absolute atomic E-state index is 12.7. The zero-order valence-electron chi connectivity index (χ0n) is 12.9. The third-order valence-electron chi connectivity index (χ3n) is 3.99. The minimum Gasteiger partial charge on any atom is -0.384 e. The molecule has 1 aliphatic rings. The molecule has 23 heavy (non-hydrogen) atoms. The van der Waals surface area contributed by atoms with Gasteiger partial charge in [-0.1, -0.05) is 17.4 Å². The summed E-state index contributed by atoms with van der Waals surface area (Å²) in [5.41, 5.74) is 0.246. The lowest BCUT2D eigenvalue weighted by molar-refractivity contribution is -0.130. The number of methoxy groups -OCH3 is 1. The monoisotopic (exact) mass is 333 g/mol. The predicted molar refractivity (Wildman–Crippen MR) is 88.2 cm³/mol. The van der Waals surface area contributed by atoms with E-state index in [0.717, 1.165) is 31.6 Å². The lowest BCUT2D eigenvalue weighted by Gasteiger charge is -2.35. The number of carbonyl (C=O) groups is 1. The zero-order chi connectivity index (χ0) is 16.1. The number of rotatable bonds is 5. The summed E-state index contributed by atoms with van der Waals surface area (Å²) in [6, 6.07) is 5.61. The van der Waals surface area contributed by atoms with Gasteiger partial charge >= 0.3 is 0 Å². The molecule has 122 valence electrons. The molecule has 2 N–H and O–H groups in total. The number of pyridine rings is 1. The Morgan fingerprint density at radius 3 is 2.91 bits per heavy atom. The Morgan fingerprint density at radius 2 is 2.22 bits per heavy atom. The molecule has 0 unspecified atom stereocenters. The molecule has 1 aliphatic heterocycles. The SMILES string of the molecule is COCC1(C(=O)Nc2nnc(-c3ccccn3)s2)CCNCC1. The molecular weight excluding hydrogens is 314 g/mol. The maximum atomic E-state index is 12.7. The second kappa shape index (κ2) is 7.12. The quantitative estimate of drug-likeness (QED) is 0.863. The largest absolute Gasteiger partial charge is 0.384 e. The van der Waals surface area contributed by atoms with Gasteiger partial charge in [0, 0.05) is 13.3 Å². The van der Waals surface area contributed by atoms with E-state index in [4.69, 9.17) is 4.74 Å². The molecular formula is C15H19N5O2S. The molecule has 1 saturated heterocycles. The molecule has 0 spiro atoms. The summed E-state index contributed by atoms with van der Waals surface area (Å²) in [5.74, 6) is -0.0513. The van der Waals surface area contributed by atoms with Crippen molar-refractivity contribution in [2.45, 2.75) is 12.8 Å². The second-order valence-electron chi connectivity index (χ2n) is 5.54. The Morgan fingerprint density at radius 1 is 1.39 bits per heavy atom. The van der Waals surface area contributed by atoms with Crippen LogP contribution in [-0.2, 0) is 9.53 Å². The summed E-state index contributed by atoms with van der Waals surface area (Å²) < 4.78 is 5.29. The van der Waals surface area contributed by atoms with Crippen LogP contribution in [0.4, 0.5) is 5.13 Å². The minimum absolute atomic E-state index is 0.0513. The lowest BCUT2D eigenvalue weighted by Crippen LogP contribution is -2.47. The first-order chi connectivity index (χ1) is 11.2. The Bertz CT molecular complexity index is 649. The molecule has 0 aromatic carbocycles. The number of nitrogens with one attached hydrogen (secondary N) is 2. The van der Waals surface area contributed by atoms with Crippen molar-refractivity contribution in [3.63, 3.8) is 0 Å². The topological polar surface area (TPSA) is 89.0 Å². The highest BCUT2D eigenvalue weighted by atomic mass is 32.1. The molecule has 8 heteroatoms. The van der Waals surface area contributed by atoms with Crippen molar-refractivity contribution in [3.05, 3.63) is 24.4 Å². The van der Waals surface area contributed by atoms with Crippen LogP contribution in [0.25, 0.3) is 10.7 Å². The van der Waals surface area contributed by atoms with Crippen LogP contribution in [-0.4, -0.2) is 47.9 Å². The fourth-order valence-corrected chi connectivity index (χ4v) is 3.43. The first-order valence-electron chi connectivity index (χ1n) is 7.49. The molecule has 3 rings (SSSR count). The van der Waals surface area contributed by atoms with Gasteiger partial charge in [-0.05, 0) is 38.1 Å². The number of aromatic nitrogens is 3. The highest BCUT2D eigenvalue weighted by Gasteiger charge is 2.40. The van der Waals surface area contributed by atoms with E-state index in [1.165, 1.54) is 11.3 Å². The minimum atomic E-state index is -0.503. The number of piperidine rings is 1. The smallest absolute Gasteiger partial charge is 0.234 e. The third-order valence-corrected chi connectivity index (χ3v) is 4.85. The van der Waals surface area contributed by atoms with Gasteiger partial charge in [-0.3, -0.25) is 15.1 Å². The van der Waals surface area contributed by atoms with Gasteiger partial charge in [0.15, 0.2) is 5.01 Å². The first kappa shape index (κ1) is 16.0. The van der Waals surface area contributed by atoms with Crippen molar-refractivity contribution in [3.8, 4) is 10.7 Å². The number of anilines is 1. The van der Waals surface area contributed by atoms with E-state index in [1.54, 1.807) is 13.3 Å². The summed E-state index contributed by atoms with van der Waals surface area (Å²) in [6.45, 7) is 2.03. The predicted octanol–water partition coefficient (Wildman–Crippen LogP) is 1.55. The van der Waals surface area contributed by atoms with Gasteiger partial charge in [0.2, 0.25) is 11.0 Å². The molecule has 2 aromatic rings. The van der Waals surface area contributed by atoms with Gasteiger partial charge < -0.3 is 10.1 Å². The van der Waals surface area contributed by atoms with E-state index in [1.807, 2.05) is 18.2 Å². The van der Waals surface area contributed by atoms with Crippen LogP contribution in [0.5, 0.6) is 0 Å². The second-order valence-corrected chi connectivity index (χ2v) is 6.52. The molecule has 1 fully saturated rings. The Hall–Kier alpha value is -1.90. The standard InChI is InChI=1S/C15H19N5O2S/c1-22-10-15(5-8-16-9-6-15)13(21)18-14-20-19-12(23-14)11-4-2-3-7-17-11/h2-4,7,16H,5-6,8-10H2,1H3,(H,18,20,21). The highest BCUT2D eigenvalue weighted by Crippen LogP contribution is 2.32. The zero-order valence-corrected chi connectivity index (χ0v) is 13.7. The number of hydrogen-bond acceptors (Lipinski definition) is 7. The van der Waals surface area contributed by atoms with Crippen molar-refractivity contribution < 1.29 is 9.53 Å². The fourth-order valence-electron chi connectivity index (χ4n) is 2.71. The van der Waals surface area contributed by atoms with Crippen LogP contribution in [0.3, 0.4) is 0 Å². The van der Waals surface area contributed by atoms with Crippen LogP contribution in [0.1, 0.15) is 12.8 Å². The summed E-state index contributed by atoms with van der Waals surface area (Å²) in [5, 5.41) is 15.5. The summed E-state index contributed by atoms with van der Waals surface area (Å²) in [6.07, 6.45) is 3.20. The van der Waals surface area contributed by atoms with E-state index >= 15 is 0 Å². The number of amides is 1. The van der Waals surface area contributed by atoms with Crippen molar-refractivity contribution in [1.82, 2.24) is 20.5 Å². The third kappa shape index (κ3) is 3.54. The van der Waals surface area contributed by atoms with Gasteiger partial charge in [-0.15, -0.1) is 10.2 Å². The fraction of sp³-hybridized carbons (Fsp3) is 0.467. The Kier molecular flexibility index (Phi) is 4.94. The van der Waals surface area contributed by atoms with E-state index in [0.29, 0.717) is 16.7 Å². The maximum Gasteiger partial charge on any atom is 0.234 e. The van der Waals surface area contributed by atoms with Gasteiger partial charge in [-0.2, -0.15) is 0 Å². The first-order valence-corrected chi connectivity index (χ1v) is 8.31. The van der Waals surface area contributed by atoms with Crippen LogP contribution >= 0.6 is 11.3 Å². The molecule has 7 nitrogen and oxygen atoms in total. The molecule has 1 amide bonds. The summed E-state index contributed by atoms with van der Waals surface area (Å²) >= 11 is 1.32. The van der Waals surface area contributed by atoms with E-state index < -0.39 is 5.41 Å². The molecule has 3 heterocycles. The molecule has 0 atom stereocenters. The van der Waals surface area contributed by atoms with Crippen molar-refractivity contribution in [2.24, 2.45) is 5.41 Å². The summed E-state index contributed by atoms with van der Waals surface area (Å²) in [4.78, 5) is 17.0. The van der Waals surface area contributed by atoms with Crippen molar-refractivity contribution in [2.75, 3.05) is 32.1 Å². The van der Waals surface area contributed by atoms with Gasteiger partial charge in [0.25, 0.3) is 0 Å². The molecule has 0 radical (unpaired) electrons. The number of carbonyl (C=O) groups excluding carboxylic acids is 1. The number of ether oxygens (including phenoxy) is 1. The average molecular weight is 333 g/mol. The number of nitrogens with zero attached hydrogens (tertiary/aromatic N) is 3. The van der Waals surface area contributed by atoms with E-state index in [9.17, 15) is 4.79 Å². The van der Waals surface area contributed by atoms with Crippen LogP contribution in [0.15, 0.2) is 24.4 Å². The molecule has 2 aromatic heterocycles. The van der Waals surface area contributed by atoms with E-state index in [-0.39, 0.29) is 5.91 Å². The van der Waals surface area contributed by atoms with Crippen LogP contribution in [0.2, 0.25) is 0 Å². The molecule has 0 saturated carbocycles. The molecule has 0 bridgehead atoms. The van der Waals surface area contributed by atoms with Crippen LogP contribution < -0.4 is 10.6 Å². The van der Waals surface area contributed by atoms with Crippen LogP contribution in [0, 0.1) is 5.41 Å². The Balaban J connectivity index is 1.73. The summed E-state index contributed by atoms with van der Waals surface area (Å²) in [7, 11) is 1.63. The van der Waals surface area contributed by atoms with Gasteiger partial charge in [0.1, 0.15) is 5.69 Å². The average Bonchev–Trinajstić information content (AvgIpc) is 3.05. The lowest BCUT2D eigenvalue weighted by atomic mass is 9.79. The number of hydrogen-bond donors (Lipinski definition) is 2. The van der Waals surface area contributed by atoms with E-state index in [2.05, 4.69) is 25.8 Å². The molecule has 0 aliphatic carbocycles. The highest BCUT2D eigenvalue weighted by molar-refractivity contribution is 7.18.